The zero-order valence-electron chi connectivity index (χ0n) is 21.0. The lowest BCUT2D eigenvalue weighted by Crippen LogP contribution is -2.33. The van der Waals surface area contributed by atoms with Crippen LogP contribution in [0.3, 0.4) is 0 Å². The molecule has 34 heavy (non-hydrogen) atoms. The number of carbonyl (C=O) groups excluding carboxylic acids is 1. The van der Waals surface area contributed by atoms with Gasteiger partial charge in [-0.1, -0.05) is 45.0 Å². The molecule has 0 aromatic heterocycles. The highest BCUT2D eigenvalue weighted by Gasteiger charge is 2.32. The van der Waals surface area contributed by atoms with Gasteiger partial charge < -0.3 is 19.8 Å². The zero-order valence-corrected chi connectivity index (χ0v) is 21.0. The van der Waals surface area contributed by atoms with E-state index in [1.54, 1.807) is 30.9 Å². The number of amides is 1. The molecule has 1 heterocycles. The normalized spacial score (nSPS) is 16.8. The lowest BCUT2D eigenvalue weighted by molar-refractivity contribution is -0.132. The summed E-state index contributed by atoms with van der Waals surface area (Å²) >= 11 is 0. The van der Waals surface area contributed by atoms with Gasteiger partial charge in [0.15, 0.2) is 0 Å². The second-order valence-corrected chi connectivity index (χ2v) is 8.57. The summed E-state index contributed by atoms with van der Waals surface area (Å²) in [7, 11) is 0. The Kier molecular flexibility index (Phi) is 11.1. The Morgan fingerprint density at radius 3 is 2.59 bits per heavy atom. The van der Waals surface area contributed by atoms with Gasteiger partial charge in [-0.3, -0.25) is 4.90 Å². The summed E-state index contributed by atoms with van der Waals surface area (Å²) in [5.74, 6) is 5.28. The number of carboxylic acids is 1. The fourth-order valence-electron chi connectivity index (χ4n) is 4.01. The predicted octanol–water partition coefficient (Wildman–Crippen LogP) is 4.18. The third kappa shape index (κ3) is 7.88. The Labute approximate surface area is 203 Å². The van der Waals surface area contributed by atoms with Gasteiger partial charge in [0.25, 0.3) is 0 Å². The number of allylic oxidation sites excluding steroid dienone is 3. The van der Waals surface area contributed by atoms with E-state index in [-0.39, 0.29) is 12.2 Å². The number of rotatable bonds is 14. The zero-order chi connectivity index (χ0) is 25.1. The number of likely N-dealkylation sites (N-methyl/N-ethyl adjacent to an activating group) is 1. The van der Waals surface area contributed by atoms with Crippen LogP contribution >= 0.6 is 0 Å². The van der Waals surface area contributed by atoms with Crippen LogP contribution in [0.15, 0.2) is 47.7 Å². The summed E-state index contributed by atoms with van der Waals surface area (Å²) in [5, 5.41) is 11.0. The van der Waals surface area contributed by atoms with Gasteiger partial charge in [-0.15, -0.1) is 0 Å². The smallest absolute Gasteiger partial charge is 0.414 e. The van der Waals surface area contributed by atoms with Crippen molar-refractivity contribution >= 4 is 17.7 Å². The SMILES string of the molecule is CCCN(N)c1ccccc1CCN(CC)CCC1CN(/C(C)=C/C=C(\CC)C(=O)O)C(=O)O1. The third-order valence-electron chi connectivity index (χ3n) is 6.16. The fourth-order valence-corrected chi connectivity index (χ4v) is 4.01. The largest absolute Gasteiger partial charge is 0.478 e. The molecule has 3 N–H and O–H groups in total. The van der Waals surface area contributed by atoms with Crippen molar-refractivity contribution in [2.75, 3.05) is 37.7 Å². The first-order valence-electron chi connectivity index (χ1n) is 12.2. The Hall–Kier alpha value is -2.84. The summed E-state index contributed by atoms with van der Waals surface area (Å²) in [6, 6.07) is 8.27. The monoisotopic (exact) mass is 472 g/mol. The van der Waals surface area contributed by atoms with Crippen LogP contribution < -0.4 is 10.9 Å². The van der Waals surface area contributed by atoms with Crippen molar-refractivity contribution in [1.29, 1.82) is 0 Å². The summed E-state index contributed by atoms with van der Waals surface area (Å²) in [6.07, 6.45) is 5.72. The number of nitrogens with zero attached hydrogens (tertiary/aromatic N) is 3. The average Bonchev–Trinajstić information content (AvgIpc) is 3.20. The number of hydrazine groups is 1. The number of cyclic esters (lactones) is 1. The Morgan fingerprint density at radius 1 is 1.21 bits per heavy atom. The summed E-state index contributed by atoms with van der Waals surface area (Å²) in [5.41, 5.74) is 3.29. The molecule has 1 aliphatic heterocycles. The van der Waals surface area contributed by atoms with Crippen molar-refractivity contribution < 1.29 is 19.4 Å². The van der Waals surface area contributed by atoms with Crippen LogP contribution in [0, 0.1) is 0 Å². The Morgan fingerprint density at radius 2 is 1.94 bits per heavy atom. The van der Waals surface area contributed by atoms with Crippen molar-refractivity contribution in [2.45, 2.75) is 59.5 Å². The van der Waals surface area contributed by atoms with Gasteiger partial charge in [-0.2, -0.15) is 0 Å². The van der Waals surface area contributed by atoms with Gasteiger partial charge in [-0.05, 0) is 56.9 Å². The highest BCUT2D eigenvalue weighted by molar-refractivity contribution is 5.86. The van der Waals surface area contributed by atoms with E-state index in [1.807, 2.05) is 17.1 Å². The maximum absolute atomic E-state index is 12.3. The molecule has 1 aromatic carbocycles. The molecule has 8 nitrogen and oxygen atoms in total. The van der Waals surface area contributed by atoms with Gasteiger partial charge in [0.1, 0.15) is 6.10 Å². The molecular weight excluding hydrogens is 432 g/mol. The van der Waals surface area contributed by atoms with E-state index in [9.17, 15) is 9.59 Å². The van der Waals surface area contributed by atoms with Crippen molar-refractivity contribution in [2.24, 2.45) is 5.84 Å². The molecule has 0 saturated carbocycles. The predicted molar refractivity (Wildman–Crippen MR) is 135 cm³/mol. The number of anilines is 1. The van der Waals surface area contributed by atoms with E-state index >= 15 is 0 Å². The number of hydrogen-bond acceptors (Lipinski definition) is 6. The number of hydrogen-bond donors (Lipinski definition) is 2. The molecule has 1 saturated heterocycles. The quantitative estimate of drug-likeness (QED) is 0.181. The molecule has 1 atom stereocenters. The van der Waals surface area contributed by atoms with Crippen molar-refractivity contribution in [3.63, 3.8) is 0 Å². The lowest BCUT2D eigenvalue weighted by atomic mass is 10.1. The highest BCUT2D eigenvalue weighted by atomic mass is 16.6. The maximum atomic E-state index is 12.3. The van der Waals surface area contributed by atoms with Crippen molar-refractivity contribution in [3.05, 3.63) is 53.3 Å². The number of aliphatic carboxylic acids is 1. The summed E-state index contributed by atoms with van der Waals surface area (Å²) < 4.78 is 5.57. The molecule has 1 unspecified atom stereocenters. The van der Waals surface area contributed by atoms with E-state index in [2.05, 4.69) is 30.9 Å². The minimum atomic E-state index is -0.944. The van der Waals surface area contributed by atoms with Crippen LogP contribution in [-0.2, 0) is 16.0 Å². The van der Waals surface area contributed by atoms with Crippen LogP contribution in [0.5, 0.6) is 0 Å². The molecule has 188 valence electrons. The number of carboxylic acid groups (broad SMARTS) is 1. The second kappa shape index (κ2) is 13.8. The van der Waals surface area contributed by atoms with E-state index in [0.29, 0.717) is 24.2 Å². The van der Waals surface area contributed by atoms with Gasteiger partial charge in [0, 0.05) is 30.9 Å². The van der Waals surface area contributed by atoms with E-state index in [4.69, 9.17) is 15.7 Å². The van der Waals surface area contributed by atoms with Crippen molar-refractivity contribution in [1.82, 2.24) is 9.80 Å². The van der Waals surface area contributed by atoms with Gasteiger partial charge in [0.2, 0.25) is 0 Å². The molecule has 0 radical (unpaired) electrons. The maximum Gasteiger partial charge on any atom is 0.414 e. The number of ether oxygens (including phenoxy) is 1. The minimum absolute atomic E-state index is 0.185. The Bertz CT molecular complexity index is 883. The molecule has 0 spiro atoms. The molecule has 0 bridgehead atoms. The minimum Gasteiger partial charge on any atom is -0.478 e. The molecular formula is C26H40N4O4. The van der Waals surface area contributed by atoms with Crippen LogP contribution in [0.4, 0.5) is 10.5 Å². The highest BCUT2D eigenvalue weighted by Crippen LogP contribution is 2.21. The molecule has 1 fully saturated rings. The fraction of sp³-hybridized carbons (Fsp3) is 0.538. The second-order valence-electron chi connectivity index (χ2n) is 8.57. The molecule has 2 rings (SSSR count). The topological polar surface area (TPSA) is 99.3 Å². The summed E-state index contributed by atoms with van der Waals surface area (Å²) in [6.45, 7) is 11.8. The standard InChI is InChI=1S/C26H40N4O4/c1-5-16-30(27)24-11-9-8-10-22(24)14-17-28(7-3)18-15-23-19-29(26(33)34-23)20(4)12-13-21(6-2)25(31)32/h8-13,23H,5-7,14-19,27H2,1-4H3,(H,31,32)/b20-12+,21-13+. The molecule has 1 amide bonds. The molecule has 1 aliphatic rings. The molecule has 8 heteroatoms. The number of carbonyl (C=O) groups is 2. The van der Waals surface area contributed by atoms with Gasteiger partial charge in [0.05, 0.1) is 12.2 Å². The number of benzene rings is 1. The van der Waals surface area contributed by atoms with Crippen molar-refractivity contribution in [3.8, 4) is 0 Å². The first-order valence-corrected chi connectivity index (χ1v) is 12.2. The van der Waals surface area contributed by atoms with Crippen LogP contribution in [0.2, 0.25) is 0 Å². The van der Waals surface area contributed by atoms with Gasteiger partial charge >= 0.3 is 12.1 Å². The first-order chi connectivity index (χ1) is 16.3. The molecule has 1 aromatic rings. The van der Waals surface area contributed by atoms with E-state index in [0.717, 1.165) is 51.1 Å². The molecule has 0 aliphatic carbocycles. The number of nitrogens with two attached hydrogens (primary N) is 1. The van der Waals surface area contributed by atoms with Crippen LogP contribution in [-0.4, -0.2) is 65.8 Å². The summed E-state index contributed by atoms with van der Waals surface area (Å²) in [4.78, 5) is 27.5. The van der Waals surface area contributed by atoms with E-state index in [1.165, 1.54) is 5.56 Å². The average molecular weight is 473 g/mol. The lowest BCUT2D eigenvalue weighted by Gasteiger charge is -2.24. The number of para-hydroxylation sites is 1. The van der Waals surface area contributed by atoms with E-state index < -0.39 is 5.97 Å². The van der Waals surface area contributed by atoms with Crippen LogP contribution in [0.1, 0.15) is 52.5 Å². The Balaban J connectivity index is 1.90. The first kappa shape index (κ1) is 27.4. The van der Waals surface area contributed by atoms with Gasteiger partial charge in [-0.25, -0.2) is 15.4 Å². The van der Waals surface area contributed by atoms with Crippen LogP contribution in [0.25, 0.3) is 0 Å². The third-order valence-corrected chi connectivity index (χ3v) is 6.16.